The average Bonchev–Trinajstić information content (AvgIpc) is 2.34. The Hall–Kier alpha value is -1.82. The summed E-state index contributed by atoms with van der Waals surface area (Å²) in [5, 5.41) is 8.38. The van der Waals surface area contributed by atoms with Gasteiger partial charge in [-0.25, -0.2) is 0 Å². The van der Waals surface area contributed by atoms with Gasteiger partial charge in [-0.1, -0.05) is 19.1 Å². The maximum atomic E-state index is 11.6. The number of ether oxygens (including phenoxy) is 1. The van der Waals surface area contributed by atoms with Crippen molar-refractivity contribution in [2.24, 2.45) is 0 Å². The minimum atomic E-state index is 0.0795. The predicted molar refractivity (Wildman–Crippen MR) is 61.4 cm³/mol. The van der Waals surface area contributed by atoms with Crippen LogP contribution in [-0.2, 0) is 0 Å². The van der Waals surface area contributed by atoms with E-state index in [1.165, 1.54) is 0 Å². The first-order chi connectivity index (χ1) is 7.79. The Morgan fingerprint density at radius 3 is 2.88 bits per heavy atom. The van der Waals surface area contributed by atoms with E-state index in [1.807, 2.05) is 19.1 Å². The first-order valence-corrected chi connectivity index (χ1v) is 5.41. The van der Waals surface area contributed by atoms with Crippen molar-refractivity contribution in [3.8, 4) is 11.8 Å². The third kappa shape index (κ3) is 3.39. The van der Waals surface area contributed by atoms with Crippen LogP contribution in [0, 0.1) is 11.3 Å². The standard InChI is InChI=1S/C13H15NO2/c1-2-12(15)11-7-3-4-8-13(11)16-10-6-5-9-14/h3-4,7-8H,2,5-6,10H2,1H3. The van der Waals surface area contributed by atoms with Gasteiger partial charge in [-0.15, -0.1) is 0 Å². The maximum Gasteiger partial charge on any atom is 0.166 e. The number of carbonyl (C=O) groups excluding carboxylic acids is 1. The van der Waals surface area contributed by atoms with Gasteiger partial charge in [0.1, 0.15) is 5.75 Å². The first kappa shape index (κ1) is 12.3. The Bertz CT molecular complexity index is 393. The number of Topliss-reactive ketones (excluding diaryl/α,β-unsaturated/α-hetero) is 1. The lowest BCUT2D eigenvalue weighted by molar-refractivity contribution is 0.0984. The normalized spacial score (nSPS) is 9.50. The van der Waals surface area contributed by atoms with Crippen molar-refractivity contribution in [2.45, 2.75) is 26.2 Å². The first-order valence-electron chi connectivity index (χ1n) is 5.41. The Balaban J connectivity index is 2.65. The summed E-state index contributed by atoms with van der Waals surface area (Å²) in [4.78, 5) is 11.6. The second kappa shape index (κ2) is 6.62. The number of nitriles is 1. The summed E-state index contributed by atoms with van der Waals surface area (Å²) in [6, 6.07) is 9.28. The van der Waals surface area contributed by atoms with E-state index in [-0.39, 0.29) is 5.78 Å². The molecule has 0 atom stereocenters. The highest BCUT2D eigenvalue weighted by Crippen LogP contribution is 2.19. The lowest BCUT2D eigenvalue weighted by atomic mass is 10.1. The predicted octanol–water partition coefficient (Wildman–Crippen LogP) is 2.96. The van der Waals surface area contributed by atoms with Gasteiger partial charge in [-0.2, -0.15) is 5.26 Å². The molecule has 1 rings (SSSR count). The van der Waals surface area contributed by atoms with Crippen molar-refractivity contribution in [1.29, 1.82) is 5.26 Å². The SMILES string of the molecule is CCC(=O)c1ccccc1OCCCC#N. The van der Waals surface area contributed by atoms with Crippen molar-refractivity contribution in [2.75, 3.05) is 6.61 Å². The van der Waals surface area contributed by atoms with E-state index >= 15 is 0 Å². The summed E-state index contributed by atoms with van der Waals surface area (Å²) in [6.07, 6.45) is 1.63. The molecule has 84 valence electrons. The third-order valence-electron chi connectivity index (χ3n) is 2.20. The van der Waals surface area contributed by atoms with Crippen molar-refractivity contribution in [3.63, 3.8) is 0 Å². The zero-order chi connectivity index (χ0) is 11.8. The van der Waals surface area contributed by atoms with E-state index in [0.717, 1.165) is 0 Å². The van der Waals surface area contributed by atoms with Crippen LogP contribution < -0.4 is 4.74 Å². The molecule has 0 spiro atoms. The number of unbranched alkanes of at least 4 members (excludes halogenated alkanes) is 1. The fourth-order valence-electron chi connectivity index (χ4n) is 1.35. The van der Waals surface area contributed by atoms with Crippen molar-refractivity contribution in [1.82, 2.24) is 0 Å². The van der Waals surface area contributed by atoms with Crippen LogP contribution in [0.1, 0.15) is 36.5 Å². The summed E-state index contributed by atoms with van der Waals surface area (Å²) < 4.78 is 5.49. The number of hydrogen-bond acceptors (Lipinski definition) is 3. The van der Waals surface area contributed by atoms with E-state index < -0.39 is 0 Å². The van der Waals surface area contributed by atoms with E-state index in [0.29, 0.717) is 37.2 Å². The van der Waals surface area contributed by atoms with Crippen LogP contribution in [0.4, 0.5) is 0 Å². The molecule has 0 aliphatic heterocycles. The fourth-order valence-corrected chi connectivity index (χ4v) is 1.35. The largest absolute Gasteiger partial charge is 0.493 e. The van der Waals surface area contributed by atoms with E-state index in [1.54, 1.807) is 12.1 Å². The van der Waals surface area contributed by atoms with Crippen LogP contribution in [-0.4, -0.2) is 12.4 Å². The van der Waals surface area contributed by atoms with Crippen LogP contribution in [0.2, 0.25) is 0 Å². The monoisotopic (exact) mass is 217 g/mol. The molecule has 1 aromatic carbocycles. The summed E-state index contributed by atoms with van der Waals surface area (Å²) in [6.45, 7) is 2.30. The van der Waals surface area contributed by atoms with Crippen molar-refractivity contribution in [3.05, 3.63) is 29.8 Å². The van der Waals surface area contributed by atoms with E-state index in [2.05, 4.69) is 6.07 Å². The Kier molecular flexibility index (Phi) is 5.07. The van der Waals surface area contributed by atoms with Crippen LogP contribution in [0.3, 0.4) is 0 Å². The highest BCUT2D eigenvalue weighted by molar-refractivity contribution is 5.98. The number of para-hydroxylation sites is 1. The summed E-state index contributed by atoms with van der Waals surface area (Å²) >= 11 is 0. The number of hydrogen-bond donors (Lipinski definition) is 0. The van der Waals surface area contributed by atoms with Crippen LogP contribution >= 0.6 is 0 Å². The Morgan fingerprint density at radius 1 is 1.44 bits per heavy atom. The second-order valence-corrected chi connectivity index (χ2v) is 3.38. The lowest BCUT2D eigenvalue weighted by Gasteiger charge is -2.09. The van der Waals surface area contributed by atoms with Crippen LogP contribution in [0.15, 0.2) is 24.3 Å². The van der Waals surface area contributed by atoms with E-state index in [4.69, 9.17) is 10.00 Å². The molecule has 0 N–H and O–H groups in total. The molecule has 0 saturated carbocycles. The number of rotatable bonds is 6. The van der Waals surface area contributed by atoms with Gasteiger partial charge < -0.3 is 4.74 Å². The fraction of sp³-hybridized carbons (Fsp3) is 0.385. The number of ketones is 1. The topological polar surface area (TPSA) is 50.1 Å². The quantitative estimate of drug-likeness (QED) is 0.543. The summed E-state index contributed by atoms with van der Waals surface area (Å²) in [5.41, 5.74) is 0.627. The molecule has 3 heteroatoms. The van der Waals surface area contributed by atoms with Gasteiger partial charge in [0.25, 0.3) is 0 Å². The molecule has 1 aromatic rings. The van der Waals surface area contributed by atoms with Gasteiger partial charge in [0.05, 0.1) is 18.2 Å². The Labute approximate surface area is 95.7 Å². The molecule has 16 heavy (non-hydrogen) atoms. The highest BCUT2D eigenvalue weighted by atomic mass is 16.5. The number of nitrogens with zero attached hydrogens (tertiary/aromatic N) is 1. The molecule has 0 aliphatic rings. The molecule has 0 aromatic heterocycles. The summed E-state index contributed by atoms with van der Waals surface area (Å²) in [5.74, 6) is 0.697. The van der Waals surface area contributed by atoms with Gasteiger partial charge in [-0.3, -0.25) is 4.79 Å². The zero-order valence-corrected chi connectivity index (χ0v) is 9.40. The average molecular weight is 217 g/mol. The lowest BCUT2D eigenvalue weighted by Crippen LogP contribution is -2.04. The molecule has 0 aliphatic carbocycles. The van der Waals surface area contributed by atoms with Gasteiger partial charge in [0.2, 0.25) is 0 Å². The molecule has 0 saturated heterocycles. The highest BCUT2D eigenvalue weighted by Gasteiger charge is 2.09. The molecule has 0 amide bonds. The van der Waals surface area contributed by atoms with Crippen LogP contribution in [0.25, 0.3) is 0 Å². The molecule has 0 heterocycles. The smallest absolute Gasteiger partial charge is 0.166 e. The molecule has 3 nitrogen and oxygen atoms in total. The van der Waals surface area contributed by atoms with Crippen LogP contribution in [0.5, 0.6) is 5.75 Å². The van der Waals surface area contributed by atoms with Gasteiger partial charge in [0.15, 0.2) is 5.78 Å². The van der Waals surface area contributed by atoms with E-state index in [9.17, 15) is 4.79 Å². The number of carbonyl (C=O) groups is 1. The maximum absolute atomic E-state index is 11.6. The van der Waals surface area contributed by atoms with Gasteiger partial charge >= 0.3 is 0 Å². The number of benzene rings is 1. The minimum Gasteiger partial charge on any atom is -0.493 e. The van der Waals surface area contributed by atoms with Crippen molar-refractivity contribution >= 4 is 5.78 Å². The molecule has 0 bridgehead atoms. The molecule has 0 unspecified atom stereocenters. The third-order valence-corrected chi connectivity index (χ3v) is 2.20. The second-order valence-electron chi connectivity index (χ2n) is 3.38. The Morgan fingerprint density at radius 2 is 2.19 bits per heavy atom. The molecular weight excluding hydrogens is 202 g/mol. The molecule has 0 radical (unpaired) electrons. The molecular formula is C13H15NO2. The van der Waals surface area contributed by atoms with Gasteiger partial charge in [-0.05, 0) is 18.6 Å². The summed E-state index contributed by atoms with van der Waals surface area (Å²) in [7, 11) is 0. The van der Waals surface area contributed by atoms with Gasteiger partial charge in [0, 0.05) is 12.8 Å². The van der Waals surface area contributed by atoms with Crippen molar-refractivity contribution < 1.29 is 9.53 Å². The zero-order valence-electron chi connectivity index (χ0n) is 9.40. The minimum absolute atomic E-state index is 0.0795. The molecule has 0 fully saturated rings.